The predicted octanol–water partition coefficient (Wildman–Crippen LogP) is 2.71. The molecule has 0 aromatic heterocycles. The molecular formula is C17H18FNO2. The minimum Gasteiger partial charge on any atom is -0.490 e. The highest BCUT2D eigenvalue weighted by atomic mass is 19.1. The molecule has 110 valence electrons. The van der Waals surface area contributed by atoms with Crippen molar-refractivity contribution in [3.8, 4) is 11.5 Å². The Hall–Kier alpha value is -2.07. The third-order valence-corrected chi connectivity index (χ3v) is 3.51. The van der Waals surface area contributed by atoms with E-state index in [1.54, 1.807) is 0 Å². The van der Waals surface area contributed by atoms with Gasteiger partial charge in [-0.1, -0.05) is 18.2 Å². The van der Waals surface area contributed by atoms with Crippen LogP contribution in [0.25, 0.3) is 0 Å². The van der Waals surface area contributed by atoms with Gasteiger partial charge in [-0.05, 0) is 42.3 Å². The molecule has 1 atom stereocenters. The zero-order chi connectivity index (χ0) is 14.7. The van der Waals surface area contributed by atoms with E-state index in [1.165, 1.54) is 17.7 Å². The molecule has 1 heterocycles. The van der Waals surface area contributed by atoms with Gasteiger partial charge in [0.1, 0.15) is 30.0 Å². The van der Waals surface area contributed by atoms with Crippen molar-refractivity contribution in [3.05, 3.63) is 59.4 Å². The number of benzene rings is 2. The monoisotopic (exact) mass is 287 g/mol. The quantitative estimate of drug-likeness (QED) is 0.919. The second kappa shape index (κ2) is 6.14. The molecule has 0 fully saturated rings. The molecule has 21 heavy (non-hydrogen) atoms. The second-order valence-corrected chi connectivity index (χ2v) is 5.20. The Morgan fingerprint density at radius 1 is 1.24 bits per heavy atom. The third-order valence-electron chi connectivity index (χ3n) is 3.51. The molecule has 0 amide bonds. The summed E-state index contributed by atoms with van der Waals surface area (Å²) in [7, 11) is 0. The number of para-hydroxylation sites is 1. The Bertz CT molecular complexity index is 605. The van der Waals surface area contributed by atoms with Crippen LogP contribution in [0.15, 0.2) is 42.5 Å². The largest absolute Gasteiger partial charge is 0.490 e. The molecule has 1 aliphatic rings. The minimum atomic E-state index is -0.299. The van der Waals surface area contributed by atoms with E-state index in [4.69, 9.17) is 15.2 Å². The van der Waals surface area contributed by atoms with Crippen LogP contribution in [-0.4, -0.2) is 19.3 Å². The molecule has 0 spiro atoms. The van der Waals surface area contributed by atoms with Crippen LogP contribution in [-0.2, 0) is 12.8 Å². The van der Waals surface area contributed by atoms with E-state index in [0.29, 0.717) is 25.3 Å². The van der Waals surface area contributed by atoms with Crippen molar-refractivity contribution in [3.63, 3.8) is 0 Å². The van der Waals surface area contributed by atoms with Crippen LogP contribution in [0.2, 0.25) is 0 Å². The van der Waals surface area contributed by atoms with Crippen LogP contribution in [0.3, 0.4) is 0 Å². The number of hydrogen-bond donors (Lipinski definition) is 1. The van der Waals surface area contributed by atoms with Crippen LogP contribution in [0.4, 0.5) is 4.39 Å². The van der Waals surface area contributed by atoms with Crippen molar-refractivity contribution in [2.75, 3.05) is 13.2 Å². The van der Waals surface area contributed by atoms with E-state index in [-0.39, 0.29) is 11.9 Å². The Labute approximate surface area is 123 Å². The smallest absolute Gasteiger partial charge is 0.137 e. The van der Waals surface area contributed by atoms with E-state index in [2.05, 4.69) is 6.07 Å². The number of halogens is 1. The van der Waals surface area contributed by atoms with Crippen molar-refractivity contribution in [2.45, 2.75) is 18.9 Å². The highest BCUT2D eigenvalue weighted by molar-refractivity contribution is 5.37. The molecule has 2 aromatic carbocycles. The van der Waals surface area contributed by atoms with Crippen LogP contribution >= 0.6 is 0 Å². The second-order valence-electron chi connectivity index (χ2n) is 5.20. The third kappa shape index (κ3) is 3.34. The lowest BCUT2D eigenvalue weighted by atomic mass is 10.1. The van der Waals surface area contributed by atoms with Gasteiger partial charge < -0.3 is 15.2 Å². The van der Waals surface area contributed by atoms with E-state index < -0.39 is 0 Å². The van der Waals surface area contributed by atoms with E-state index in [1.807, 2.05) is 24.3 Å². The summed E-state index contributed by atoms with van der Waals surface area (Å²) in [6.45, 7) is 0.893. The van der Waals surface area contributed by atoms with Gasteiger partial charge in [0.25, 0.3) is 0 Å². The van der Waals surface area contributed by atoms with Gasteiger partial charge in [0.15, 0.2) is 0 Å². The summed E-state index contributed by atoms with van der Waals surface area (Å²) in [5.74, 6) is 1.14. The summed E-state index contributed by atoms with van der Waals surface area (Å²) in [5.41, 5.74) is 7.54. The van der Waals surface area contributed by atoms with Gasteiger partial charge in [-0.2, -0.15) is 0 Å². The number of ether oxygens (including phenoxy) is 2. The van der Waals surface area contributed by atoms with Gasteiger partial charge in [0.05, 0.1) is 0 Å². The SMILES string of the molecule is NCCc1cc(F)cc(OCC2Cc3ccccc3O2)c1. The molecule has 0 aliphatic carbocycles. The highest BCUT2D eigenvalue weighted by Gasteiger charge is 2.22. The Morgan fingerprint density at radius 2 is 2.10 bits per heavy atom. The lowest BCUT2D eigenvalue weighted by molar-refractivity contribution is 0.148. The topological polar surface area (TPSA) is 44.5 Å². The molecule has 1 aliphatic heterocycles. The van der Waals surface area contributed by atoms with Crippen molar-refractivity contribution < 1.29 is 13.9 Å². The summed E-state index contributed by atoms with van der Waals surface area (Å²) >= 11 is 0. The fourth-order valence-corrected chi connectivity index (χ4v) is 2.55. The maximum Gasteiger partial charge on any atom is 0.137 e. The molecule has 0 saturated heterocycles. The Balaban J connectivity index is 1.61. The lowest BCUT2D eigenvalue weighted by Crippen LogP contribution is -2.22. The van der Waals surface area contributed by atoms with E-state index >= 15 is 0 Å². The van der Waals surface area contributed by atoms with Gasteiger partial charge in [0, 0.05) is 12.5 Å². The van der Waals surface area contributed by atoms with Gasteiger partial charge in [-0.3, -0.25) is 0 Å². The Kier molecular flexibility index (Phi) is 4.06. The average Bonchev–Trinajstić information content (AvgIpc) is 2.88. The molecule has 0 saturated carbocycles. The fourth-order valence-electron chi connectivity index (χ4n) is 2.55. The zero-order valence-corrected chi connectivity index (χ0v) is 11.7. The van der Waals surface area contributed by atoms with Crippen LogP contribution in [0, 0.1) is 5.82 Å². The van der Waals surface area contributed by atoms with Crippen LogP contribution in [0.1, 0.15) is 11.1 Å². The first-order valence-electron chi connectivity index (χ1n) is 7.11. The van der Waals surface area contributed by atoms with Gasteiger partial charge >= 0.3 is 0 Å². The first-order valence-corrected chi connectivity index (χ1v) is 7.11. The molecule has 3 nitrogen and oxygen atoms in total. The number of hydrogen-bond acceptors (Lipinski definition) is 3. The summed E-state index contributed by atoms with van der Waals surface area (Å²) in [6, 6.07) is 12.7. The highest BCUT2D eigenvalue weighted by Crippen LogP contribution is 2.28. The lowest BCUT2D eigenvalue weighted by Gasteiger charge is -2.13. The molecule has 2 N–H and O–H groups in total. The summed E-state index contributed by atoms with van der Waals surface area (Å²) in [5, 5.41) is 0. The van der Waals surface area contributed by atoms with Crippen molar-refractivity contribution >= 4 is 0 Å². The summed E-state index contributed by atoms with van der Waals surface area (Å²) < 4.78 is 25.0. The number of rotatable bonds is 5. The van der Waals surface area contributed by atoms with Crippen LogP contribution < -0.4 is 15.2 Å². The standard InChI is InChI=1S/C17H18FNO2/c18-14-7-12(5-6-19)8-15(10-14)20-11-16-9-13-3-1-2-4-17(13)21-16/h1-4,7-8,10,16H,5-6,9,11,19H2. The molecule has 2 aromatic rings. The molecular weight excluding hydrogens is 269 g/mol. The van der Waals surface area contributed by atoms with Crippen LogP contribution in [0.5, 0.6) is 11.5 Å². The van der Waals surface area contributed by atoms with Crippen molar-refractivity contribution in [1.29, 1.82) is 0 Å². The molecule has 1 unspecified atom stereocenters. The molecule has 3 rings (SSSR count). The first kappa shape index (κ1) is 13.9. The van der Waals surface area contributed by atoms with Gasteiger partial charge in [-0.25, -0.2) is 4.39 Å². The first-order chi connectivity index (χ1) is 10.2. The van der Waals surface area contributed by atoms with Gasteiger partial charge in [-0.15, -0.1) is 0 Å². The zero-order valence-electron chi connectivity index (χ0n) is 11.7. The average molecular weight is 287 g/mol. The Morgan fingerprint density at radius 3 is 2.90 bits per heavy atom. The molecule has 0 radical (unpaired) electrons. The summed E-state index contributed by atoms with van der Waals surface area (Å²) in [4.78, 5) is 0. The van der Waals surface area contributed by atoms with E-state index in [0.717, 1.165) is 17.7 Å². The fraction of sp³-hybridized carbons (Fsp3) is 0.294. The number of fused-ring (bicyclic) bond motifs is 1. The normalized spacial score (nSPS) is 16.4. The van der Waals surface area contributed by atoms with Crippen molar-refractivity contribution in [2.24, 2.45) is 5.73 Å². The summed E-state index contributed by atoms with van der Waals surface area (Å²) in [6.07, 6.45) is 1.43. The number of nitrogens with two attached hydrogens (primary N) is 1. The van der Waals surface area contributed by atoms with Crippen molar-refractivity contribution in [1.82, 2.24) is 0 Å². The maximum absolute atomic E-state index is 13.5. The molecule has 0 bridgehead atoms. The predicted molar refractivity (Wildman–Crippen MR) is 79.2 cm³/mol. The minimum absolute atomic E-state index is 0.0244. The maximum atomic E-state index is 13.5. The van der Waals surface area contributed by atoms with E-state index in [9.17, 15) is 4.39 Å². The van der Waals surface area contributed by atoms with Gasteiger partial charge in [0.2, 0.25) is 0 Å². The molecule has 4 heteroatoms.